The molecule has 6 rings (SSSR count). The Morgan fingerprint density at radius 2 is 1.92 bits per heavy atom. The van der Waals surface area contributed by atoms with Gasteiger partial charge in [0.2, 0.25) is 0 Å². The van der Waals surface area contributed by atoms with Gasteiger partial charge in [-0.3, -0.25) is 14.4 Å². The van der Waals surface area contributed by atoms with Crippen LogP contribution in [-0.4, -0.2) is 75.0 Å². The molecule has 1 amide bonds. The first kappa shape index (κ1) is 25.3. The number of aromatic nitrogens is 5. The first-order valence-corrected chi connectivity index (χ1v) is 12.7. The van der Waals surface area contributed by atoms with E-state index in [1.807, 2.05) is 35.2 Å². The molecule has 4 aromatic rings. The van der Waals surface area contributed by atoms with Crippen LogP contribution in [0.5, 0.6) is 5.75 Å². The molecule has 0 radical (unpaired) electrons. The third kappa shape index (κ3) is 4.95. The number of amides is 1. The maximum atomic E-state index is 11.8. The fraction of sp³-hybridized carbons (Fsp3) is 0.462. The molecule has 4 heterocycles. The summed E-state index contributed by atoms with van der Waals surface area (Å²) in [6, 6.07) is 7.89. The number of primary amides is 1. The second kappa shape index (κ2) is 10.5. The molecule has 0 unspecified atom stereocenters. The lowest BCUT2D eigenvalue weighted by molar-refractivity contribution is 0.0997. The number of hydrogen-bond donors (Lipinski definition) is 1. The van der Waals surface area contributed by atoms with Crippen molar-refractivity contribution in [3.63, 3.8) is 0 Å². The van der Waals surface area contributed by atoms with Crippen molar-refractivity contribution >= 4 is 40.7 Å². The van der Waals surface area contributed by atoms with E-state index in [-0.39, 0.29) is 12.4 Å². The predicted molar refractivity (Wildman–Crippen MR) is 145 cm³/mol. The summed E-state index contributed by atoms with van der Waals surface area (Å²) in [6.07, 6.45) is 10.4. The topological polar surface area (TPSA) is 107 Å². The van der Waals surface area contributed by atoms with Crippen LogP contribution in [0.3, 0.4) is 0 Å². The maximum absolute atomic E-state index is 11.8. The van der Waals surface area contributed by atoms with Crippen molar-refractivity contribution in [2.45, 2.75) is 31.7 Å². The van der Waals surface area contributed by atoms with Gasteiger partial charge in [0.05, 0.1) is 30.4 Å². The fourth-order valence-electron chi connectivity index (χ4n) is 5.77. The fourth-order valence-corrected chi connectivity index (χ4v) is 5.77. The molecule has 2 fully saturated rings. The molecule has 37 heavy (non-hydrogen) atoms. The Bertz CT molecular complexity index is 1390. The lowest BCUT2D eigenvalue weighted by Crippen LogP contribution is -2.48. The molecule has 1 aliphatic heterocycles. The van der Waals surface area contributed by atoms with Gasteiger partial charge < -0.3 is 15.4 Å². The van der Waals surface area contributed by atoms with Gasteiger partial charge in [0.15, 0.2) is 11.5 Å². The first-order chi connectivity index (χ1) is 17.6. The van der Waals surface area contributed by atoms with Gasteiger partial charge in [-0.05, 0) is 49.8 Å². The number of carbonyl (C=O) groups is 1. The number of benzene rings is 1. The Morgan fingerprint density at radius 1 is 1.14 bits per heavy atom. The maximum Gasteiger partial charge on any atom is 0.252 e. The average Bonchev–Trinajstić information content (AvgIpc) is 3.53. The molecule has 0 atom stereocenters. The number of hydrogen-bond acceptors (Lipinski definition) is 7. The first-order valence-electron chi connectivity index (χ1n) is 12.7. The summed E-state index contributed by atoms with van der Waals surface area (Å²) in [4.78, 5) is 21.2. The van der Waals surface area contributed by atoms with E-state index in [0.717, 1.165) is 73.9 Å². The highest BCUT2D eigenvalue weighted by Gasteiger charge is 2.27. The zero-order chi connectivity index (χ0) is 24.6. The SMILES string of the molecule is COc1cc2nn(C3CCC(CN4CCN(c5cnc6cccnn56)CC4)CC3)cc2cc1C(N)=O.Cl. The van der Waals surface area contributed by atoms with Crippen LogP contribution < -0.4 is 15.4 Å². The van der Waals surface area contributed by atoms with Gasteiger partial charge in [-0.1, -0.05) is 0 Å². The summed E-state index contributed by atoms with van der Waals surface area (Å²) in [5.74, 6) is 1.79. The minimum absolute atomic E-state index is 0. The molecule has 0 spiro atoms. The minimum Gasteiger partial charge on any atom is -0.496 e. The molecule has 2 N–H and O–H groups in total. The number of carbonyl (C=O) groups excluding carboxylic acids is 1. The van der Waals surface area contributed by atoms with E-state index in [0.29, 0.717) is 17.4 Å². The van der Waals surface area contributed by atoms with Gasteiger partial charge in [0, 0.05) is 56.6 Å². The van der Waals surface area contributed by atoms with E-state index in [1.54, 1.807) is 19.2 Å². The molecule has 10 nitrogen and oxygen atoms in total. The van der Waals surface area contributed by atoms with Gasteiger partial charge in [0.25, 0.3) is 5.91 Å². The second-order valence-electron chi connectivity index (χ2n) is 9.96. The lowest BCUT2D eigenvalue weighted by atomic mass is 9.85. The Labute approximate surface area is 221 Å². The van der Waals surface area contributed by atoms with Crippen molar-refractivity contribution in [3.05, 3.63) is 48.4 Å². The molecule has 196 valence electrons. The third-order valence-electron chi connectivity index (χ3n) is 7.77. The van der Waals surface area contributed by atoms with E-state index < -0.39 is 5.91 Å². The summed E-state index contributed by atoms with van der Waals surface area (Å²) in [5, 5.41) is 10.2. The Balaban J connectivity index is 0.00000280. The molecule has 0 bridgehead atoms. The molecule has 1 aromatic carbocycles. The Hall–Kier alpha value is -3.37. The molecule has 11 heteroatoms. The van der Waals surface area contributed by atoms with Gasteiger partial charge in [0.1, 0.15) is 5.75 Å². The van der Waals surface area contributed by atoms with Crippen LogP contribution in [0.2, 0.25) is 0 Å². The van der Waals surface area contributed by atoms with Crippen molar-refractivity contribution in [2.24, 2.45) is 11.7 Å². The largest absolute Gasteiger partial charge is 0.496 e. The number of fused-ring (bicyclic) bond motifs is 2. The standard InChI is InChI=1S/C26H32N8O2.ClH/c1-36-23-14-22-19(13-21(23)26(27)35)17-33(30-22)20-6-4-18(5-7-20)16-31-9-11-32(12-10-31)25-15-28-24-3-2-8-29-34(24)25;/h2-3,8,13-15,17-18,20H,4-7,9-12,16H2,1H3,(H2,27,35);1H. The van der Waals surface area contributed by atoms with E-state index in [4.69, 9.17) is 15.6 Å². The Morgan fingerprint density at radius 3 is 2.65 bits per heavy atom. The van der Waals surface area contributed by atoms with Gasteiger partial charge >= 0.3 is 0 Å². The quantitative estimate of drug-likeness (QED) is 0.413. The summed E-state index contributed by atoms with van der Waals surface area (Å²) in [7, 11) is 1.54. The molecule has 1 saturated heterocycles. The lowest BCUT2D eigenvalue weighted by Gasteiger charge is -2.38. The zero-order valence-corrected chi connectivity index (χ0v) is 21.8. The second-order valence-corrected chi connectivity index (χ2v) is 9.96. The highest BCUT2D eigenvalue weighted by Crippen LogP contribution is 2.34. The van der Waals surface area contributed by atoms with Crippen LogP contribution in [0.1, 0.15) is 42.1 Å². The highest BCUT2D eigenvalue weighted by molar-refractivity contribution is 6.00. The predicted octanol–water partition coefficient (Wildman–Crippen LogP) is 3.16. The number of nitrogens with zero attached hydrogens (tertiary/aromatic N) is 7. The molecular formula is C26H33ClN8O2. The van der Waals surface area contributed by atoms with Crippen molar-refractivity contribution in [3.8, 4) is 5.75 Å². The van der Waals surface area contributed by atoms with Crippen LogP contribution in [0.4, 0.5) is 5.82 Å². The third-order valence-corrected chi connectivity index (χ3v) is 7.77. The van der Waals surface area contributed by atoms with E-state index in [2.05, 4.69) is 24.6 Å². The van der Waals surface area contributed by atoms with E-state index >= 15 is 0 Å². The van der Waals surface area contributed by atoms with Gasteiger partial charge in [-0.15, -0.1) is 12.4 Å². The highest BCUT2D eigenvalue weighted by atomic mass is 35.5. The summed E-state index contributed by atoms with van der Waals surface area (Å²) in [5.41, 5.74) is 7.64. The number of anilines is 1. The summed E-state index contributed by atoms with van der Waals surface area (Å²) >= 11 is 0. The van der Waals surface area contributed by atoms with Crippen molar-refractivity contribution in [1.29, 1.82) is 0 Å². The number of halogens is 1. The number of rotatable bonds is 6. The zero-order valence-electron chi connectivity index (χ0n) is 21.0. The van der Waals surface area contributed by atoms with Crippen LogP contribution >= 0.6 is 12.4 Å². The summed E-state index contributed by atoms with van der Waals surface area (Å²) in [6.45, 7) is 5.28. The summed E-state index contributed by atoms with van der Waals surface area (Å²) < 4.78 is 9.35. The number of nitrogens with two attached hydrogens (primary N) is 1. The number of imidazole rings is 1. The molecular weight excluding hydrogens is 492 g/mol. The van der Waals surface area contributed by atoms with Crippen LogP contribution in [0, 0.1) is 5.92 Å². The van der Waals surface area contributed by atoms with E-state index in [9.17, 15) is 4.79 Å². The minimum atomic E-state index is -0.488. The molecule has 3 aromatic heterocycles. The Kier molecular flexibility index (Phi) is 7.21. The number of piperazine rings is 1. The van der Waals surface area contributed by atoms with Crippen LogP contribution in [0.15, 0.2) is 42.9 Å². The number of ether oxygens (including phenoxy) is 1. The number of methoxy groups -OCH3 is 1. The average molecular weight is 525 g/mol. The van der Waals surface area contributed by atoms with Crippen molar-refractivity contribution in [1.82, 2.24) is 29.3 Å². The van der Waals surface area contributed by atoms with Crippen molar-refractivity contribution in [2.75, 3.05) is 44.7 Å². The normalized spacial score (nSPS) is 20.7. The van der Waals surface area contributed by atoms with Crippen molar-refractivity contribution < 1.29 is 9.53 Å². The van der Waals surface area contributed by atoms with Crippen LogP contribution in [0.25, 0.3) is 16.6 Å². The van der Waals surface area contributed by atoms with Gasteiger partial charge in [-0.25, -0.2) is 4.98 Å². The molecule has 1 saturated carbocycles. The molecule has 1 aliphatic carbocycles. The van der Waals surface area contributed by atoms with E-state index in [1.165, 1.54) is 12.8 Å². The van der Waals surface area contributed by atoms with Gasteiger partial charge in [-0.2, -0.15) is 14.7 Å². The monoisotopic (exact) mass is 524 g/mol. The smallest absolute Gasteiger partial charge is 0.252 e. The van der Waals surface area contributed by atoms with Crippen LogP contribution in [-0.2, 0) is 0 Å². The molecule has 2 aliphatic rings.